The molecule has 1 aliphatic carbocycles. The maximum absolute atomic E-state index is 12.7. The van der Waals surface area contributed by atoms with Crippen LogP contribution in [0.25, 0.3) is 0 Å². The van der Waals surface area contributed by atoms with E-state index in [4.69, 9.17) is 10.5 Å². The van der Waals surface area contributed by atoms with Gasteiger partial charge < -0.3 is 10.5 Å². The lowest BCUT2D eigenvalue weighted by Crippen LogP contribution is -2.22. The quantitative estimate of drug-likeness (QED) is 0.744. The number of rotatable bonds is 4. The molecule has 0 atom stereocenters. The summed E-state index contributed by atoms with van der Waals surface area (Å²) in [6, 6.07) is 12.0. The molecule has 0 saturated carbocycles. The van der Waals surface area contributed by atoms with Crippen molar-refractivity contribution >= 4 is 11.6 Å². The number of carbonyl (C=O) groups excluding carboxylic acids is 2. The van der Waals surface area contributed by atoms with Crippen molar-refractivity contribution in [3.8, 4) is 5.75 Å². The van der Waals surface area contributed by atoms with Gasteiger partial charge >= 0.3 is 0 Å². The van der Waals surface area contributed by atoms with Gasteiger partial charge in [-0.05, 0) is 19.0 Å². The lowest BCUT2D eigenvalue weighted by molar-refractivity contribution is 0.0975. The van der Waals surface area contributed by atoms with E-state index in [2.05, 4.69) is 0 Å². The molecule has 21 heavy (non-hydrogen) atoms. The first-order valence-electron chi connectivity index (χ1n) is 6.88. The topological polar surface area (TPSA) is 69.4 Å². The zero-order valence-corrected chi connectivity index (χ0v) is 11.5. The Kier molecular flexibility index (Phi) is 3.54. The number of ketones is 2. The summed E-state index contributed by atoms with van der Waals surface area (Å²) in [6.07, 6.45) is 0.697. The van der Waals surface area contributed by atoms with Gasteiger partial charge in [0.25, 0.3) is 0 Å². The summed E-state index contributed by atoms with van der Waals surface area (Å²) in [6.45, 7) is 0.945. The molecule has 0 radical (unpaired) electrons. The number of nitrogens with two attached hydrogens (primary N) is 1. The third-order valence-electron chi connectivity index (χ3n) is 3.52. The molecule has 0 saturated heterocycles. The molecule has 4 heteroatoms. The lowest BCUT2D eigenvalue weighted by Gasteiger charge is -2.20. The van der Waals surface area contributed by atoms with Crippen LogP contribution in [0.1, 0.15) is 38.3 Å². The van der Waals surface area contributed by atoms with Gasteiger partial charge in [-0.3, -0.25) is 9.59 Å². The second kappa shape index (κ2) is 5.50. The minimum atomic E-state index is -0.163. The van der Waals surface area contributed by atoms with Crippen LogP contribution in [0.5, 0.6) is 5.75 Å². The summed E-state index contributed by atoms with van der Waals surface area (Å²) in [5.41, 5.74) is 7.10. The molecule has 0 amide bonds. The Morgan fingerprint density at radius 3 is 2.24 bits per heavy atom. The van der Waals surface area contributed by atoms with Gasteiger partial charge in [-0.25, -0.2) is 0 Å². The number of hydrogen-bond donors (Lipinski definition) is 1. The van der Waals surface area contributed by atoms with Crippen molar-refractivity contribution in [2.24, 2.45) is 5.73 Å². The van der Waals surface area contributed by atoms with E-state index < -0.39 is 0 Å². The first kappa shape index (κ1) is 13.5. The first-order valence-corrected chi connectivity index (χ1v) is 6.88. The van der Waals surface area contributed by atoms with Crippen molar-refractivity contribution in [1.82, 2.24) is 0 Å². The van der Waals surface area contributed by atoms with Gasteiger partial charge in [-0.1, -0.05) is 36.4 Å². The highest BCUT2D eigenvalue weighted by Crippen LogP contribution is 2.33. The maximum atomic E-state index is 12.7. The fourth-order valence-corrected chi connectivity index (χ4v) is 2.50. The Morgan fingerprint density at radius 1 is 0.857 bits per heavy atom. The summed E-state index contributed by atoms with van der Waals surface area (Å²) in [4.78, 5) is 25.2. The van der Waals surface area contributed by atoms with Crippen LogP contribution in [0.4, 0.5) is 0 Å². The Hall–Kier alpha value is -2.46. The van der Waals surface area contributed by atoms with Gasteiger partial charge in [0.1, 0.15) is 5.75 Å². The van der Waals surface area contributed by atoms with Gasteiger partial charge in [0, 0.05) is 16.7 Å². The molecule has 0 aliphatic heterocycles. The van der Waals surface area contributed by atoms with Gasteiger partial charge in [-0.2, -0.15) is 0 Å². The number of ether oxygens (including phenoxy) is 1. The Labute approximate surface area is 122 Å². The van der Waals surface area contributed by atoms with Crippen LogP contribution in [-0.4, -0.2) is 24.7 Å². The molecule has 3 rings (SSSR count). The molecular formula is C17H15NO3. The fraction of sp³-hybridized carbons (Fsp3) is 0.176. The van der Waals surface area contributed by atoms with Crippen LogP contribution < -0.4 is 10.5 Å². The van der Waals surface area contributed by atoms with E-state index in [0.29, 0.717) is 47.6 Å². The van der Waals surface area contributed by atoms with Crippen LogP contribution in [-0.2, 0) is 0 Å². The van der Waals surface area contributed by atoms with E-state index in [1.807, 2.05) is 0 Å². The molecule has 2 N–H and O–H groups in total. The predicted molar refractivity (Wildman–Crippen MR) is 78.9 cm³/mol. The number of hydrogen-bond acceptors (Lipinski definition) is 4. The van der Waals surface area contributed by atoms with Gasteiger partial charge in [-0.15, -0.1) is 0 Å². The average molecular weight is 281 g/mol. The molecule has 2 aromatic rings. The summed E-state index contributed by atoms with van der Waals surface area (Å²) in [5, 5.41) is 0. The molecular weight excluding hydrogens is 266 g/mol. The predicted octanol–water partition coefficient (Wildman–Crippen LogP) is 2.19. The number of carbonyl (C=O) groups is 2. The van der Waals surface area contributed by atoms with Gasteiger partial charge in [0.2, 0.25) is 0 Å². The minimum absolute atomic E-state index is 0.135. The summed E-state index contributed by atoms with van der Waals surface area (Å²) in [7, 11) is 0. The summed E-state index contributed by atoms with van der Waals surface area (Å²) in [5.74, 6) is 0.154. The van der Waals surface area contributed by atoms with Crippen molar-refractivity contribution in [2.75, 3.05) is 13.2 Å². The maximum Gasteiger partial charge on any atom is 0.198 e. The van der Waals surface area contributed by atoms with Crippen LogP contribution in [0.15, 0.2) is 42.5 Å². The van der Waals surface area contributed by atoms with Crippen LogP contribution in [0.3, 0.4) is 0 Å². The van der Waals surface area contributed by atoms with Crippen molar-refractivity contribution in [1.29, 1.82) is 0 Å². The van der Waals surface area contributed by atoms with Crippen LogP contribution >= 0.6 is 0 Å². The third kappa shape index (κ3) is 2.23. The zero-order valence-electron chi connectivity index (χ0n) is 11.5. The summed E-state index contributed by atoms with van der Waals surface area (Å²) < 4.78 is 5.63. The average Bonchev–Trinajstić information content (AvgIpc) is 2.53. The second-order valence-corrected chi connectivity index (χ2v) is 4.87. The minimum Gasteiger partial charge on any atom is -0.493 e. The highest BCUT2D eigenvalue weighted by Gasteiger charge is 2.31. The monoisotopic (exact) mass is 281 g/mol. The van der Waals surface area contributed by atoms with Crippen molar-refractivity contribution in [3.05, 3.63) is 64.7 Å². The largest absolute Gasteiger partial charge is 0.493 e. The standard InChI is InChI=1S/C17H15NO3/c18-9-4-10-21-14-8-3-7-13-15(14)17(20)12-6-2-1-5-11(12)16(13)19/h1-3,5-8H,4,9-10,18H2. The molecule has 0 unspecified atom stereocenters. The van der Waals surface area contributed by atoms with E-state index in [9.17, 15) is 9.59 Å². The van der Waals surface area contributed by atoms with E-state index in [1.54, 1.807) is 42.5 Å². The smallest absolute Gasteiger partial charge is 0.198 e. The normalized spacial score (nSPS) is 12.8. The molecule has 0 fully saturated rings. The molecule has 0 bridgehead atoms. The Bertz CT molecular complexity index is 722. The van der Waals surface area contributed by atoms with E-state index in [-0.39, 0.29) is 11.6 Å². The number of benzene rings is 2. The molecule has 2 aromatic carbocycles. The molecule has 1 aliphatic rings. The summed E-state index contributed by atoms with van der Waals surface area (Å²) >= 11 is 0. The molecule has 0 aromatic heterocycles. The zero-order chi connectivity index (χ0) is 14.8. The second-order valence-electron chi connectivity index (χ2n) is 4.87. The molecule has 0 heterocycles. The molecule has 0 spiro atoms. The van der Waals surface area contributed by atoms with Gasteiger partial charge in [0.05, 0.1) is 12.2 Å². The third-order valence-corrected chi connectivity index (χ3v) is 3.52. The first-order chi connectivity index (χ1) is 10.2. The molecule has 4 nitrogen and oxygen atoms in total. The van der Waals surface area contributed by atoms with Crippen LogP contribution in [0, 0.1) is 0 Å². The molecule has 106 valence electrons. The van der Waals surface area contributed by atoms with Gasteiger partial charge in [0.15, 0.2) is 11.6 Å². The Morgan fingerprint density at radius 2 is 1.52 bits per heavy atom. The van der Waals surface area contributed by atoms with Crippen LogP contribution in [0.2, 0.25) is 0 Å². The Balaban J connectivity index is 2.08. The van der Waals surface area contributed by atoms with Crippen molar-refractivity contribution in [2.45, 2.75) is 6.42 Å². The van der Waals surface area contributed by atoms with E-state index in [1.165, 1.54) is 0 Å². The van der Waals surface area contributed by atoms with E-state index >= 15 is 0 Å². The van der Waals surface area contributed by atoms with E-state index in [0.717, 1.165) is 0 Å². The highest BCUT2D eigenvalue weighted by atomic mass is 16.5. The highest BCUT2D eigenvalue weighted by molar-refractivity contribution is 6.29. The van der Waals surface area contributed by atoms with Crippen molar-refractivity contribution in [3.63, 3.8) is 0 Å². The van der Waals surface area contributed by atoms with Crippen molar-refractivity contribution < 1.29 is 14.3 Å². The lowest BCUT2D eigenvalue weighted by atomic mass is 9.83. The fourth-order valence-electron chi connectivity index (χ4n) is 2.50. The number of fused-ring (bicyclic) bond motifs is 2. The SMILES string of the molecule is NCCCOc1cccc2c1C(=O)c1ccccc1C2=O.